The fraction of sp³-hybridized carbons (Fsp3) is 0.610. The van der Waals surface area contributed by atoms with E-state index in [1.54, 1.807) is 54.6 Å². The van der Waals surface area contributed by atoms with E-state index >= 15 is 0 Å². The lowest BCUT2D eigenvalue weighted by molar-refractivity contribution is -0.387. The summed E-state index contributed by atoms with van der Waals surface area (Å²) < 4.78 is 89.6. The summed E-state index contributed by atoms with van der Waals surface area (Å²) >= 11 is 0. The number of aliphatic hydroxyl groups is 2. The highest BCUT2D eigenvalue weighted by atomic mass is 16.8. The molecule has 2 N–H and O–H groups in total. The van der Waals surface area contributed by atoms with Gasteiger partial charge in [-0.15, -0.1) is 0 Å². The number of ether oxygens (including phenoxy) is 14. The first-order valence-corrected chi connectivity index (χ1v) is 27.9. The van der Waals surface area contributed by atoms with Crippen LogP contribution in [0.15, 0.2) is 91.0 Å². The third-order valence-electron chi connectivity index (χ3n) is 13.4. The average molecular weight is 1130 g/mol. The fourth-order valence-electron chi connectivity index (χ4n) is 9.07. The third kappa shape index (κ3) is 18.5. The molecule has 0 aromatic heterocycles. The number of carbonyl (C=O) groups is 5. The highest BCUT2D eigenvalue weighted by Gasteiger charge is 2.59. The van der Waals surface area contributed by atoms with Crippen LogP contribution in [0.3, 0.4) is 0 Å². The van der Waals surface area contributed by atoms with Crippen LogP contribution in [-0.2, 0) is 75.9 Å². The third-order valence-corrected chi connectivity index (χ3v) is 13.4. The van der Waals surface area contributed by atoms with E-state index in [9.17, 15) is 34.2 Å². The molecule has 0 saturated carbocycles. The number of hydrogen-bond acceptors (Lipinski definition) is 21. The zero-order valence-electron chi connectivity index (χ0n) is 46.6. The normalized spacial score (nSPS) is 28.5. The van der Waals surface area contributed by atoms with Gasteiger partial charge in [-0.25, -0.2) is 14.4 Å². The zero-order chi connectivity index (χ0) is 57.4. The number of carbonyl (C=O) groups excluding carboxylic acids is 5. The highest BCUT2D eigenvalue weighted by molar-refractivity contribution is 5.90. The quantitative estimate of drug-likeness (QED) is 0.0398. The average Bonchev–Trinajstić information content (AvgIpc) is 3.49. The van der Waals surface area contributed by atoms with Crippen molar-refractivity contribution in [3.8, 4) is 0 Å². The van der Waals surface area contributed by atoms with Gasteiger partial charge in [0.1, 0.15) is 68.1 Å². The molecular weight excluding hydrogens is 1040 g/mol. The fourth-order valence-corrected chi connectivity index (χ4v) is 9.07. The minimum absolute atomic E-state index is 0.0614. The van der Waals surface area contributed by atoms with Crippen LogP contribution in [0, 0.1) is 0 Å². The van der Waals surface area contributed by atoms with Gasteiger partial charge in [0.2, 0.25) is 0 Å². The molecule has 21 heteroatoms. The van der Waals surface area contributed by atoms with Gasteiger partial charge in [0.25, 0.3) is 0 Å². The summed E-state index contributed by atoms with van der Waals surface area (Å²) in [6, 6.07) is 23.9. The molecule has 0 amide bonds. The molecule has 0 bridgehead atoms. The lowest BCUT2D eigenvalue weighted by Gasteiger charge is -2.50. The summed E-state index contributed by atoms with van der Waals surface area (Å²) in [4.78, 5) is 67.9. The molecule has 3 fully saturated rings. The maximum absolute atomic E-state index is 14.7. The van der Waals surface area contributed by atoms with Crippen LogP contribution >= 0.6 is 0 Å². The van der Waals surface area contributed by atoms with Crippen LogP contribution < -0.4 is 0 Å². The van der Waals surface area contributed by atoms with Crippen molar-refractivity contribution in [1.82, 2.24) is 0 Å². The Hall–Kier alpha value is -5.43. The summed E-state index contributed by atoms with van der Waals surface area (Å²) in [6.45, 7) is 10.4. The number of rotatable bonds is 31. The lowest BCUT2D eigenvalue weighted by Crippen LogP contribution is -2.68. The first-order chi connectivity index (χ1) is 38.8. The van der Waals surface area contributed by atoms with Crippen LogP contribution in [0.2, 0.25) is 0 Å². The molecular formula is C59H80O21. The molecule has 15 atom stereocenters. The first kappa shape index (κ1) is 63.7. The Morgan fingerprint density at radius 3 is 1.41 bits per heavy atom. The summed E-state index contributed by atoms with van der Waals surface area (Å²) in [7, 11) is 0. The number of aliphatic hydroxyl groups excluding tert-OH is 2. The van der Waals surface area contributed by atoms with Crippen LogP contribution in [0.1, 0.15) is 124 Å². The van der Waals surface area contributed by atoms with Crippen molar-refractivity contribution in [3.05, 3.63) is 108 Å². The predicted octanol–water partition coefficient (Wildman–Crippen LogP) is 6.46. The minimum atomic E-state index is -1.95. The highest BCUT2D eigenvalue weighted by Crippen LogP contribution is 2.38. The largest absolute Gasteiger partial charge is 0.463 e. The van der Waals surface area contributed by atoms with E-state index in [0.29, 0.717) is 32.5 Å². The second kappa shape index (κ2) is 33.5. The number of hydrogen-bond donors (Lipinski definition) is 2. The van der Waals surface area contributed by atoms with Crippen molar-refractivity contribution in [2.24, 2.45) is 0 Å². The van der Waals surface area contributed by atoms with Crippen LogP contribution in [0.25, 0.3) is 0 Å². The summed E-state index contributed by atoms with van der Waals surface area (Å²) in [5, 5.41) is 23.0. The van der Waals surface area contributed by atoms with E-state index < -0.39 is 135 Å². The first-order valence-electron chi connectivity index (χ1n) is 27.9. The van der Waals surface area contributed by atoms with E-state index in [4.69, 9.17) is 66.3 Å². The van der Waals surface area contributed by atoms with Crippen molar-refractivity contribution < 1.29 is 101 Å². The molecule has 3 aromatic carbocycles. The van der Waals surface area contributed by atoms with Gasteiger partial charge in [-0.2, -0.15) is 0 Å². The molecule has 0 radical (unpaired) electrons. The van der Waals surface area contributed by atoms with Gasteiger partial charge in [0, 0.05) is 40.3 Å². The van der Waals surface area contributed by atoms with Gasteiger partial charge < -0.3 is 76.5 Å². The SMILES string of the molecule is CCCCOCC1O[C@H](OCCCC)[C@H](O[C@H]2OC(COC(=O)c3ccccc3)[C@@H](OC(=O)c3ccccc3)[C@H](O[C@H]3OC(COC(C)=O)[C@@H](O)[C@H](O)C3OC(C)=O)C2OC(=O)c2ccccc2)C(OCCCC)[C@@H]1OCCCC. The maximum atomic E-state index is 14.7. The second-order valence-electron chi connectivity index (χ2n) is 19.7. The Morgan fingerprint density at radius 1 is 0.412 bits per heavy atom. The van der Waals surface area contributed by atoms with Crippen LogP contribution in [0.4, 0.5) is 0 Å². The Labute approximate surface area is 467 Å². The molecule has 3 saturated heterocycles. The molecule has 21 nitrogen and oxygen atoms in total. The van der Waals surface area contributed by atoms with Crippen molar-refractivity contribution >= 4 is 29.8 Å². The molecule has 3 aliphatic heterocycles. The van der Waals surface area contributed by atoms with E-state index in [-0.39, 0.29) is 36.5 Å². The molecule has 3 heterocycles. The van der Waals surface area contributed by atoms with Gasteiger partial charge in [-0.3, -0.25) is 9.59 Å². The Kier molecular flexibility index (Phi) is 26.7. The molecule has 0 spiro atoms. The molecule has 3 aromatic rings. The van der Waals surface area contributed by atoms with Crippen LogP contribution in [0.5, 0.6) is 0 Å². The van der Waals surface area contributed by atoms with Crippen molar-refractivity contribution in [2.45, 2.75) is 185 Å². The van der Waals surface area contributed by atoms with Crippen molar-refractivity contribution in [1.29, 1.82) is 0 Å². The minimum Gasteiger partial charge on any atom is -0.463 e. The standard InChI is InChI=1S/C59H80O21/c1-7-11-30-67-34-43-47(68-31-12-8-2)50(69-32-13-9-3)52(57(75-43)70-33-14-10-4)80-59-53(78-56(66)41-28-22-17-23-29-41)51(79-58-49(73-38(6)61)46(63)45(62)42(74-58)35-71-37(5)60)48(77-55(65)40-26-20-16-21-27-40)44(76-59)36-72-54(64)39-24-18-15-19-25-39/h15-29,42-53,57-59,62-63H,7-14,30-36H2,1-6H3/t42?,43?,44?,45-,46+,47-,48-,49?,50?,51+,52-,53?,57+,58-,59-/m1/s1. The Bertz CT molecular complexity index is 2310. The van der Waals surface area contributed by atoms with Crippen molar-refractivity contribution in [3.63, 3.8) is 0 Å². The van der Waals surface area contributed by atoms with E-state index in [2.05, 4.69) is 6.92 Å². The molecule has 6 rings (SSSR count). The smallest absolute Gasteiger partial charge is 0.338 e. The summed E-state index contributed by atoms with van der Waals surface area (Å²) in [6.07, 6.45) is -16.9. The van der Waals surface area contributed by atoms with Gasteiger partial charge in [-0.1, -0.05) is 108 Å². The molecule has 3 aliphatic rings. The molecule has 442 valence electrons. The van der Waals surface area contributed by atoms with Gasteiger partial charge in [0.15, 0.2) is 37.2 Å². The van der Waals surface area contributed by atoms with E-state index in [0.717, 1.165) is 46.0 Å². The second-order valence-corrected chi connectivity index (χ2v) is 19.7. The van der Waals surface area contributed by atoms with Gasteiger partial charge in [0.05, 0.1) is 23.3 Å². The van der Waals surface area contributed by atoms with Gasteiger partial charge in [-0.05, 0) is 62.1 Å². The zero-order valence-corrected chi connectivity index (χ0v) is 46.6. The Morgan fingerprint density at radius 2 is 0.863 bits per heavy atom. The summed E-state index contributed by atoms with van der Waals surface area (Å²) in [5.41, 5.74) is 0.296. The number of benzene rings is 3. The Balaban J connectivity index is 1.56. The maximum Gasteiger partial charge on any atom is 0.338 e. The molecule has 80 heavy (non-hydrogen) atoms. The summed E-state index contributed by atoms with van der Waals surface area (Å²) in [5.74, 6) is -4.34. The van der Waals surface area contributed by atoms with Gasteiger partial charge >= 0.3 is 29.8 Å². The number of unbranched alkanes of at least 4 members (excludes halogenated alkanes) is 4. The lowest BCUT2D eigenvalue weighted by atomic mass is 9.95. The van der Waals surface area contributed by atoms with E-state index in [1.165, 1.54) is 36.4 Å². The predicted molar refractivity (Wildman–Crippen MR) is 284 cm³/mol. The topological polar surface area (TPSA) is 255 Å². The van der Waals surface area contributed by atoms with Crippen molar-refractivity contribution in [2.75, 3.05) is 46.2 Å². The molecule has 6 unspecified atom stereocenters. The number of esters is 5. The molecule has 0 aliphatic carbocycles. The van der Waals surface area contributed by atoms with E-state index in [1.807, 2.05) is 20.8 Å². The monoisotopic (exact) mass is 1120 g/mol. The van der Waals surface area contributed by atoms with Crippen LogP contribution in [-0.4, -0.2) is 178 Å².